The summed E-state index contributed by atoms with van der Waals surface area (Å²) < 4.78 is 16.7. The molecule has 2 aromatic carbocycles. The van der Waals surface area contributed by atoms with E-state index >= 15 is 0 Å². The number of fused-ring (bicyclic) bond motifs is 1. The number of aromatic amines is 1. The van der Waals surface area contributed by atoms with E-state index in [1.165, 1.54) is 0 Å². The van der Waals surface area contributed by atoms with Crippen molar-refractivity contribution in [3.8, 4) is 28.6 Å². The first-order valence-electron chi connectivity index (χ1n) is 10.2. The van der Waals surface area contributed by atoms with Crippen molar-refractivity contribution in [1.82, 2.24) is 20.1 Å². The molecular formula is C24H22N4O4. The zero-order valence-corrected chi connectivity index (χ0v) is 17.7. The Balaban J connectivity index is 1.24. The van der Waals surface area contributed by atoms with E-state index in [0.29, 0.717) is 41.9 Å². The summed E-state index contributed by atoms with van der Waals surface area (Å²) >= 11 is 0. The van der Waals surface area contributed by atoms with Crippen molar-refractivity contribution >= 4 is 16.8 Å². The summed E-state index contributed by atoms with van der Waals surface area (Å²) in [5.41, 5.74) is 2.65. The molecule has 0 unspecified atom stereocenters. The summed E-state index contributed by atoms with van der Waals surface area (Å²) in [7, 11) is 3.19. The fourth-order valence-corrected chi connectivity index (χ4v) is 3.72. The number of pyridine rings is 1. The second kappa shape index (κ2) is 8.22. The van der Waals surface area contributed by atoms with Crippen molar-refractivity contribution in [2.75, 3.05) is 27.3 Å². The van der Waals surface area contributed by atoms with Crippen molar-refractivity contribution in [2.45, 2.75) is 6.10 Å². The van der Waals surface area contributed by atoms with Gasteiger partial charge in [-0.1, -0.05) is 18.2 Å². The van der Waals surface area contributed by atoms with E-state index in [1.807, 2.05) is 54.6 Å². The average molecular weight is 430 g/mol. The highest BCUT2D eigenvalue weighted by atomic mass is 16.5. The third-order valence-electron chi connectivity index (χ3n) is 5.49. The van der Waals surface area contributed by atoms with E-state index in [2.05, 4.69) is 15.2 Å². The van der Waals surface area contributed by atoms with Crippen LogP contribution in [0.5, 0.6) is 17.4 Å². The second-order valence-corrected chi connectivity index (χ2v) is 7.53. The molecule has 0 spiro atoms. The molecule has 5 rings (SSSR count). The van der Waals surface area contributed by atoms with Gasteiger partial charge >= 0.3 is 0 Å². The van der Waals surface area contributed by atoms with E-state index in [1.54, 1.807) is 25.2 Å². The number of amides is 1. The average Bonchev–Trinajstić information content (AvgIpc) is 3.30. The summed E-state index contributed by atoms with van der Waals surface area (Å²) in [6.07, 6.45) is -0.0894. The van der Waals surface area contributed by atoms with Crippen molar-refractivity contribution in [1.29, 1.82) is 0 Å². The van der Waals surface area contributed by atoms with Crippen LogP contribution in [0.15, 0.2) is 60.7 Å². The molecule has 8 heteroatoms. The van der Waals surface area contributed by atoms with Gasteiger partial charge < -0.3 is 19.1 Å². The lowest BCUT2D eigenvalue weighted by molar-refractivity contribution is 0.0157. The van der Waals surface area contributed by atoms with Gasteiger partial charge in [0.05, 0.1) is 38.5 Å². The van der Waals surface area contributed by atoms with Gasteiger partial charge in [0, 0.05) is 17.0 Å². The molecule has 2 aromatic heterocycles. The molecule has 1 fully saturated rings. The van der Waals surface area contributed by atoms with Crippen LogP contribution in [0, 0.1) is 0 Å². The van der Waals surface area contributed by atoms with Gasteiger partial charge in [-0.15, -0.1) is 0 Å². The van der Waals surface area contributed by atoms with Crippen LogP contribution in [0.2, 0.25) is 0 Å². The molecule has 162 valence electrons. The summed E-state index contributed by atoms with van der Waals surface area (Å²) in [4.78, 5) is 19.1. The highest BCUT2D eigenvalue weighted by Crippen LogP contribution is 2.33. The van der Waals surface area contributed by atoms with E-state index in [0.717, 1.165) is 16.5 Å². The zero-order valence-electron chi connectivity index (χ0n) is 17.7. The molecule has 0 saturated carbocycles. The van der Waals surface area contributed by atoms with E-state index in [9.17, 15) is 4.79 Å². The minimum atomic E-state index is -0.128. The third-order valence-corrected chi connectivity index (χ3v) is 5.49. The number of carbonyl (C=O) groups excluding carboxylic acids is 1. The van der Waals surface area contributed by atoms with Gasteiger partial charge in [0.2, 0.25) is 5.88 Å². The normalized spacial score (nSPS) is 13.6. The topological polar surface area (TPSA) is 89.6 Å². The first-order valence-corrected chi connectivity index (χ1v) is 10.2. The van der Waals surface area contributed by atoms with Gasteiger partial charge in [-0.25, -0.2) is 4.98 Å². The molecule has 0 radical (unpaired) electrons. The van der Waals surface area contributed by atoms with Crippen molar-refractivity contribution < 1.29 is 19.0 Å². The number of hydrogen-bond donors (Lipinski definition) is 1. The smallest absolute Gasteiger partial charge is 0.272 e. The first-order chi connectivity index (χ1) is 15.6. The standard InChI is InChI=1S/C24H22N4O4/c1-30-16-8-9-22(31-2)18(11-16)20-12-21(27-26-20)24(29)28-13-17(14-28)32-23-10-7-15-5-3-4-6-19(15)25-23/h3-12,17H,13-14H2,1-2H3,(H,26,27). The Kier molecular flexibility index (Phi) is 5.10. The van der Waals surface area contributed by atoms with Gasteiger partial charge in [0.15, 0.2) is 0 Å². The molecule has 1 N–H and O–H groups in total. The van der Waals surface area contributed by atoms with Gasteiger partial charge in [-0.2, -0.15) is 5.10 Å². The molecule has 4 aromatic rings. The lowest BCUT2D eigenvalue weighted by atomic mass is 10.1. The number of methoxy groups -OCH3 is 2. The lowest BCUT2D eigenvalue weighted by Crippen LogP contribution is -2.56. The van der Waals surface area contributed by atoms with Crippen LogP contribution in [0.25, 0.3) is 22.2 Å². The summed E-state index contributed by atoms with van der Waals surface area (Å²) in [5, 5.41) is 8.20. The van der Waals surface area contributed by atoms with Crippen LogP contribution in [0.3, 0.4) is 0 Å². The van der Waals surface area contributed by atoms with E-state index < -0.39 is 0 Å². The molecule has 0 bridgehead atoms. The monoisotopic (exact) mass is 430 g/mol. The quantitative estimate of drug-likeness (QED) is 0.503. The summed E-state index contributed by atoms with van der Waals surface area (Å²) in [5.74, 6) is 1.77. The molecule has 3 heterocycles. The molecule has 0 atom stereocenters. The molecule has 1 aliphatic rings. The number of benzene rings is 2. The van der Waals surface area contributed by atoms with Gasteiger partial charge in [-0.3, -0.25) is 9.89 Å². The first kappa shape index (κ1) is 19.9. The molecule has 1 aliphatic heterocycles. The van der Waals surface area contributed by atoms with Crippen LogP contribution in [0.1, 0.15) is 10.5 Å². The minimum Gasteiger partial charge on any atom is -0.497 e. The molecule has 8 nitrogen and oxygen atoms in total. The zero-order chi connectivity index (χ0) is 22.1. The Bertz CT molecular complexity index is 1280. The highest BCUT2D eigenvalue weighted by molar-refractivity contribution is 5.94. The van der Waals surface area contributed by atoms with Crippen molar-refractivity contribution in [3.63, 3.8) is 0 Å². The Morgan fingerprint density at radius 3 is 2.69 bits per heavy atom. The Hall–Kier alpha value is -4.07. The van der Waals surface area contributed by atoms with Gasteiger partial charge in [0.1, 0.15) is 23.3 Å². The fraction of sp³-hybridized carbons (Fsp3) is 0.208. The van der Waals surface area contributed by atoms with Crippen LogP contribution >= 0.6 is 0 Å². The van der Waals surface area contributed by atoms with Gasteiger partial charge in [0.25, 0.3) is 5.91 Å². The number of H-pyrrole nitrogens is 1. The molecule has 1 amide bonds. The molecule has 0 aliphatic carbocycles. The highest BCUT2D eigenvalue weighted by Gasteiger charge is 2.34. The Morgan fingerprint density at radius 2 is 1.88 bits per heavy atom. The van der Waals surface area contributed by atoms with Crippen LogP contribution in [-0.2, 0) is 0 Å². The van der Waals surface area contributed by atoms with Crippen molar-refractivity contribution in [2.24, 2.45) is 0 Å². The number of carbonyl (C=O) groups is 1. The maximum Gasteiger partial charge on any atom is 0.272 e. The summed E-state index contributed by atoms with van der Waals surface area (Å²) in [6.45, 7) is 0.981. The second-order valence-electron chi connectivity index (χ2n) is 7.53. The van der Waals surface area contributed by atoms with Crippen LogP contribution in [-0.4, -0.2) is 59.4 Å². The molecule has 32 heavy (non-hydrogen) atoms. The lowest BCUT2D eigenvalue weighted by Gasteiger charge is -2.38. The number of likely N-dealkylation sites (tertiary alicyclic amines) is 1. The predicted molar refractivity (Wildman–Crippen MR) is 119 cm³/mol. The number of para-hydroxylation sites is 1. The number of hydrogen-bond acceptors (Lipinski definition) is 6. The Morgan fingerprint density at radius 1 is 1.03 bits per heavy atom. The van der Waals surface area contributed by atoms with Crippen molar-refractivity contribution in [3.05, 3.63) is 66.4 Å². The van der Waals surface area contributed by atoms with E-state index in [4.69, 9.17) is 14.2 Å². The number of ether oxygens (including phenoxy) is 3. The maximum absolute atomic E-state index is 12.8. The number of aromatic nitrogens is 3. The van der Waals surface area contributed by atoms with Crippen LogP contribution in [0.4, 0.5) is 0 Å². The van der Waals surface area contributed by atoms with Gasteiger partial charge in [-0.05, 0) is 36.4 Å². The molecular weight excluding hydrogens is 408 g/mol. The number of nitrogens with one attached hydrogen (secondary N) is 1. The summed E-state index contributed by atoms with van der Waals surface area (Å²) in [6, 6.07) is 18.9. The minimum absolute atomic E-state index is 0.0894. The fourth-order valence-electron chi connectivity index (χ4n) is 3.72. The van der Waals surface area contributed by atoms with E-state index in [-0.39, 0.29) is 12.0 Å². The largest absolute Gasteiger partial charge is 0.497 e. The third kappa shape index (κ3) is 3.71. The molecule has 1 saturated heterocycles. The number of nitrogens with zero attached hydrogens (tertiary/aromatic N) is 3. The predicted octanol–water partition coefficient (Wildman–Crippen LogP) is 3.55. The van der Waals surface area contributed by atoms with Crippen LogP contribution < -0.4 is 14.2 Å². The Labute approximate surface area is 184 Å². The maximum atomic E-state index is 12.8. The number of rotatable bonds is 6. The SMILES string of the molecule is COc1ccc(OC)c(-c2cc(C(=O)N3CC(Oc4ccc5ccccc5n4)C3)[nH]n2)c1.